The molecule has 0 radical (unpaired) electrons. The Morgan fingerprint density at radius 1 is 1.07 bits per heavy atom. The summed E-state index contributed by atoms with van der Waals surface area (Å²) in [6, 6.07) is 9.18. The highest BCUT2D eigenvalue weighted by Gasteiger charge is 2.13. The van der Waals surface area contributed by atoms with E-state index in [2.05, 4.69) is 35.2 Å². The molecule has 28 heavy (non-hydrogen) atoms. The van der Waals surface area contributed by atoms with Gasteiger partial charge in [0.25, 0.3) is 5.91 Å². The molecule has 0 fully saturated rings. The predicted molar refractivity (Wildman–Crippen MR) is 106 cm³/mol. The lowest BCUT2D eigenvalue weighted by Crippen LogP contribution is -2.11. The van der Waals surface area contributed by atoms with E-state index in [1.165, 1.54) is 6.33 Å². The van der Waals surface area contributed by atoms with Crippen LogP contribution in [-0.2, 0) is 0 Å². The quantitative estimate of drug-likeness (QED) is 0.537. The number of rotatable bonds is 5. The van der Waals surface area contributed by atoms with Gasteiger partial charge in [-0.15, -0.1) is 5.10 Å². The molecule has 0 aliphatic carbocycles. The number of carbonyl (C=O) groups is 1. The zero-order chi connectivity index (χ0) is 19.5. The smallest absolute Gasteiger partial charge is 0.269 e. The van der Waals surface area contributed by atoms with Gasteiger partial charge in [0.1, 0.15) is 28.7 Å². The van der Waals surface area contributed by atoms with Gasteiger partial charge in [-0.3, -0.25) is 9.36 Å². The number of aryl methyl sites for hydroxylation is 2. The number of aromatic nitrogens is 6. The maximum Gasteiger partial charge on any atom is 0.269 e. The fraction of sp³-hybridized carbons (Fsp3) is 0.111. The van der Waals surface area contributed by atoms with Crippen molar-refractivity contribution in [3.8, 4) is 5.82 Å². The normalized spacial score (nSPS) is 10.6. The molecule has 0 unspecified atom stereocenters. The molecule has 0 atom stereocenters. The van der Waals surface area contributed by atoms with Crippen LogP contribution in [0.4, 0.5) is 17.2 Å². The Hall–Kier alpha value is -3.66. The van der Waals surface area contributed by atoms with E-state index in [1.807, 2.05) is 48.0 Å². The monoisotopic (exact) mass is 392 g/mol. The summed E-state index contributed by atoms with van der Waals surface area (Å²) in [5.41, 5.74) is 2.13. The van der Waals surface area contributed by atoms with Gasteiger partial charge in [0.2, 0.25) is 0 Å². The van der Waals surface area contributed by atoms with Crippen LogP contribution in [0.5, 0.6) is 0 Å². The Balaban J connectivity index is 1.46. The average Bonchev–Trinajstić information content (AvgIpc) is 3.31. The van der Waals surface area contributed by atoms with E-state index in [0.717, 1.165) is 28.9 Å². The molecule has 140 valence electrons. The van der Waals surface area contributed by atoms with E-state index < -0.39 is 0 Å². The van der Waals surface area contributed by atoms with Crippen molar-refractivity contribution in [2.45, 2.75) is 13.8 Å². The highest BCUT2D eigenvalue weighted by molar-refractivity contribution is 7.08. The third-order valence-electron chi connectivity index (χ3n) is 4.00. The molecule has 2 N–H and O–H groups in total. The third-order valence-corrected chi connectivity index (χ3v) is 4.82. The summed E-state index contributed by atoms with van der Waals surface area (Å²) in [5, 5.41) is 9.92. The van der Waals surface area contributed by atoms with E-state index >= 15 is 0 Å². The number of amides is 1. The summed E-state index contributed by atoms with van der Waals surface area (Å²) < 4.78 is 5.66. The second-order valence-corrected chi connectivity index (χ2v) is 6.70. The molecule has 0 aliphatic rings. The minimum Gasteiger partial charge on any atom is -0.340 e. The Labute approximate surface area is 164 Å². The van der Waals surface area contributed by atoms with Crippen LogP contribution < -0.4 is 10.6 Å². The van der Waals surface area contributed by atoms with Crippen molar-refractivity contribution in [1.29, 1.82) is 0 Å². The van der Waals surface area contributed by atoms with Gasteiger partial charge in [-0.05, 0) is 49.6 Å². The molecule has 4 rings (SSSR count). The van der Waals surface area contributed by atoms with E-state index in [9.17, 15) is 4.79 Å². The molecule has 0 aliphatic heterocycles. The van der Waals surface area contributed by atoms with E-state index in [4.69, 9.17) is 0 Å². The molecule has 1 amide bonds. The van der Waals surface area contributed by atoms with Crippen LogP contribution in [0.3, 0.4) is 0 Å². The number of carbonyl (C=O) groups excluding carboxylic acids is 1. The number of hydrogen-bond acceptors (Lipinski definition) is 8. The minimum absolute atomic E-state index is 0.218. The molecule has 3 heterocycles. The summed E-state index contributed by atoms with van der Waals surface area (Å²) in [6.45, 7) is 3.67. The largest absolute Gasteiger partial charge is 0.340 e. The minimum atomic E-state index is -0.218. The molecular formula is C18H16N8OS. The highest BCUT2D eigenvalue weighted by atomic mass is 32.1. The summed E-state index contributed by atoms with van der Waals surface area (Å²) in [7, 11) is 0. The second kappa shape index (κ2) is 7.53. The van der Waals surface area contributed by atoms with E-state index in [0.29, 0.717) is 22.1 Å². The van der Waals surface area contributed by atoms with E-state index in [1.54, 1.807) is 13.1 Å². The summed E-state index contributed by atoms with van der Waals surface area (Å²) in [4.78, 5) is 25.5. The molecule has 9 nitrogen and oxygen atoms in total. The molecule has 0 saturated carbocycles. The lowest BCUT2D eigenvalue weighted by molar-refractivity contribution is 0.103. The van der Waals surface area contributed by atoms with Crippen LogP contribution in [-0.4, -0.2) is 35.0 Å². The highest BCUT2D eigenvalue weighted by Crippen LogP contribution is 2.20. The van der Waals surface area contributed by atoms with Crippen LogP contribution in [0.15, 0.2) is 49.1 Å². The van der Waals surface area contributed by atoms with Crippen molar-refractivity contribution in [3.63, 3.8) is 0 Å². The first-order chi connectivity index (χ1) is 13.6. The summed E-state index contributed by atoms with van der Waals surface area (Å²) in [5.74, 6) is 2.01. The van der Waals surface area contributed by atoms with Gasteiger partial charge in [-0.2, -0.15) is 0 Å². The van der Waals surface area contributed by atoms with Crippen molar-refractivity contribution >= 4 is 34.6 Å². The van der Waals surface area contributed by atoms with Gasteiger partial charge in [0.05, 0.1) is 5.69 Å². The Morgan fingerprint density at radius 2 is 1.86 bits per heavy atom. The maximum atomic E-state index is 12.2. The zero-order valence-electron chi connectivity index (χ0n) is 15.1. The second-order valence-electron chi connectivity index (χ2n) is 5.95. The maximum absolute atomic E-state index is 12.2. The molecule has 4 aromatic rings. The Bertz CT molecular complexity index is 1120. The average molecular weight is 392 g/mol. The first-order valence-electron chi connectivity index (χ1n) is 8.40. The number of anilines is 3. The summed E-state index contributed by atoms with van der Waals surface area (Å²) in [6.07, 6.45) is 5.07. The van der Waals surface area contributed by atoms with Crippen molar-refractivity contribution in [2.75, 3.05) is 10.6 Å². The van der Waals surface area contributed by atoms with Gasteiger partial charge in [-0.1, -0.05) is 4.49 Å². The third kappa shape index (κ3) is 3.71. The van der Waals surface area contributed by atoms with Crippen LogP contribution in [0.25, 0.3) is 5.82 Å². The van der Waals surface area contributed by atoms with Crippen molar-refractivity contribution in [1.82, 2.24) is 29.1 Å². The van der Waals surface area contributed by atoms with Gasteiger partial charge >= 0.3 is 0 Å². The van der Waals surface area contributed by atoms with Crippen molar-refractivity contribution < 1.29 is 4.79 Å². The van der Waals surface area contributed by atoms with Crippen LogP contribution in [0.1, 0.15) is 21.2 Å². The first kappa shape index (κ1) is 17.7. The number of nitrogens with one attached hydrogen (secondary N) is 2. The van der Waals surface area contributed by atoms with Gasteiger partial charge < -0.3 is 10.6 Å². The molecule has 0 spiro atoms. The molecule has 1 aromatic carbocycles. The molecule has 3 aromatic heterocycles. The van der Waals surface area contributed by atoms with E-state index in [-0.39, 0.29) is 5.91 Å². The Morgan fingerprint density at radius 3 is 2.54 bits per heavy atom. The first-order valence-corrected chi connectivity index (χ1v) is 9.17. The topological polar surface area (TPSA) is 111 Å². The summed E-state index contributed by atoms with van der Waals surface area (Å²) >= 11 is 1.08. The zero-order valence-corrected chi connectivity index (χ0v) is 15.9. The van der Waals surface area contributed by atoms with Gasteiger partial charge in [-0.25, -0.2) is 15.0 Å². The Kier molecular flexibility index (Phi) is 4.77. The lowest BCUT2D eigenvalue weighted by atomic mass is 10.2. The SMILES string of the molecule is Cc1nnsc1C(=O)Nc1ccc(Nc2cc(-n3ccnc3C)ncn2)cc1. The van der Waals surface area contributed by atoms with Gasteiger partial charge in [0, 0.05) is 29.8 Å². The van der Waals surface area contributed by atoms with Crippen LogP contribution >= 0.6 is 11.5 Å². The molecule has 0 saturated heterocycles. The molecule has 0 bridgehead atoms. The molecular weight excluding hydrogens is 376 g/mol. The van der Waals surface area contributed by atoms with Gasteiger partial charge in [0.15, 0.2) is 0 Å². The fourth-order valence-electron chi connectivity index (χ4n) is 2.58. The number of nitrogens with zero attached hydrogens (tertiary/aromatic N) is 6. The van der Waals surface area contributed by atoms with Crippen molar-refractivity contribution in [3.05, 3.63) is 65.4 Å². The van der Waals surface area contributed by atoms with Crippen molar-refractivity contribution in [2.24, 2.45) is 0 Å². The fourth-order valence-corrected chi connectivity index (χ4v) is 3.13. The lowest BCUT2D eigenvalue weighted by Gasteiger charge is -2.09. The molecule has 10 heteroatoms. The number of imidazole rings is 1. The predicted octanol–water partition coefficient (Wildman–Crippen LogP) is 3.13. The van der Waals surface area contributed by atoms with Crippen LogP contribution in [0.2, 0.25) is 0 Å². The standard InChI is InChI=1S/C18H16N8OS/c1-11-17(28-25-24-11)18(27)23-14-5-3-13(4-6-14)22-15-9-16(21-10-20-15)26-8-7-19-12(26)2/h3-10H,1-2H3,(H,23,27)(H,20,21,22). The van der Waals surface area contributed by atoms with Crippen LogP contribution in [0, 0.1) is 13.8 Å². The number of benzene rings is 1. The number of hydrogen-bond donors (Lipinski definition) is 2.